The first-order valence-electron chi connectivity index (χ1n) is 4.71. The smallest absolute Gasteiger partial charge is 0.134 e. The van der Waals surface area contributed by atoms with Crippen LogP contribution < -0.4 is 5.32 Å². The molecule has 0 bridgehead atoms. The van der Waals surface area contributed by atoms with Crippen LogP contribution in [0.4, 0.5) is 4.39 Å². The highest BCUT2D eigenvalue weighted by atomic mass is 19.1. The number of nitrogens with one attached hydrogen (secondary N) is 1. The molecule has 0 fully saturated rings. The van der Waals surface area contributed by atoms with Gasteiger partial charge < -0.3 is 5.11 Å². The van der Waals surface area contributed by atoms with Gasteiger partial charge in [-0.25, -0.2) is 4.39 Å². The van der Waals surface area contributed by atoms with Crippen LogP contribution in [0.2, 0.25) is 0 Å². The maximum atomic E-state index is 13.4. The van der Waals surface area contributed by atoms with Crippen LogP contribution in [-0.2, 0) is 0 Å². The summed E-state index contributed by atoms with van der Waals surface area (Å²) in [5, 5.41) is 12.4. The minimum atomic E-state index is -0.935. The minimum absolute atomic E-state index is 0.116. The van der Waals surface area contributed by atoms with E-state index in [1.54, 1.807) is 12.1 Å². The fourth-order valence-corrected chi connectivity index (χ4v) is 1.26. The molecule has 1 atom stereocenters. The Balaban J connectivity index is 2.84. The van der Waals surface area contributed by atoms with Gasteiger partial charge in [-0.05, 0) is 32.4 Å². The highest BCUT2D eigenvalue weighted by Gasteiger charge is 2.12. The summed E-state index contributed by atoms with van der Waals surface area (Å²) in [5.41, 5.74) is 1.15. The molecular formula is C11H16FNO. The first-order valence-corrected chi connectivity index (χ1v) is 4.71. The van der Waals surface area contributed by atoms with Gasteiger partial charge in [0.25, 0.3) is 0 Å². The molecule has 0 radical (unpaired) electrons. The van der Waals surface area contributed by atoms with Gasteiger partial charge in [0.05, 0.1) is 0 Å². The summed E-state index contributed by atoms with van der Waals surface area (Å²) in [5.74, 6) is -0.370. The van der Waals surface area contributed by atoms with E-state index in [1.807, 2.05) is 20.8 Å². The highest BCUT2D eigenvalue weighted by molar-refractivity contribution is 5.24. The van der Waals surface area contributed by atoms with E-state index < -0.39 is 6.23 Å². The van der Waals surface area contributed by atoms with Crippen molar-refractivity contribution in [1.82, 2.24) is 5.32 Å². The van der Waals surface area contributed by atoms with E-state index in [9.17, 15) is 9.50 Å². The molecule has 3 heteroatoms. The molecule has 0 saturated heterocycles. The Kier molecular flexibility index (Phi) is 3.61. The lowest BCUT2D eigenvalue weighted by atomic mass is 10.1. The van der Waals surface area contributed by atoms with Gasteiger partial charge in [-0.3, -0.25) is 5.32 Å². The van der Waals surface area contributed by atoms with Crippen molar-refractivity contribution >= 4 is 0 Å². The monoisotopic (exact) mass is 197 g/mol. The molecule has 0 saturated carbocycles. The summed E-state index contributed by atoms with van der Waals surface area (Å²) in [4.78, 5) is 0. The van der Waals surface area contributed by atoms with Crippen LogP contribution in [0.15, 0.2) is 18.2 Å². The number of aliphatic hydroxyl groups is 1. The maximum Gasteiger partial charge on any atom is 0.134 e. The zero-order chi connectivity index (χ0) is 10.7. The van der Waals surface area contributed by atoms with Crippen LogP contribution >= 0.6 is 0 Å². The van der Waals surface area contributed by atoms with Crippen LogP contribution in [0.1, 0.15) is 31.2 Å². The summed E-state index contributed by atoms with van der Waals surface area (Å²) in [6.07, 6.45) is -0.935. The molecular weight excluding hydrogens is 181 g/mol. The number of hydrogen-bond acceptors (Lipinski definition) is 2. The molecule has 14 heavy (non-hydrogen) atoms. The average Bonchev–Trinajstić information content (AvgIpc) is 2.01. The van der Waals surface area contributed by atoms with E-state index in [1.165, 1.54) is 6.07 Å². The Morgan fingerprint density at radius 2 is 2.00 bits per heavy atom. The number of rotatable bonds is 3. The van der Waals surface area contributed by atoms with Gasteiger partial charge >= 0.3 is 0 Å². The second kappa shape index (κ2) is 4.53. The summed E-state index contributed by atoms with van der Waals surface area (Å²) < 4.78 is 13.4. The van der Waals surface area contributed by atoms with E-state index in [0.29, 0.717) is 5.56 Å². The van der Waals surface area contributed by atoms with E-state index in [2.05, 4.69) is 5.32 Å². The number of aryl methyl sites for hydroxylation is 1. The van der Waals surface area contributed by atoms with Gasteiger partial charge in [0, 0.05) is 11.6 Å². The Morgan fingerprint density at radius 3 is 2.50 bits per heavy atom. The van der Waals surface area contributed by atoms with Gasteiger partial charge in [0.2, 0.25) is 0 Å². The second-order valence-corrected chi connectivity index (χ2v) is 3.75. The number of hydrogen-bond donors (Lipinski definition) is 2. The molecule has 0 heterocycles. The molecule has 0 amide bonds. The van der Waals surface area contributed by atoms with Crippen molar-refractivity contribution in [2.75, 3.05) is 0 Å². The zero-order valence-electron chi connectivity index (χ0n) is 8.71. The zero-order valence-corrected chi connectivity index (χ0v) is 8.71. The summed E-state index contributed by atoms with van der Waals surface area (Å²) in [6.45, 7) is 5.61. The molecule has 0 aliphatic heterocycles. The molecule has 1 aromatic carbocycles. The van der Waals surface area contributed by atoms with Crippen LogP contribution in [0, 0.1) is 12.7 Å². The van der Waals surface area contributed by atoms with Crippen LogP contribution in [0.3, 0.4) is 0 Å². The SMILES string of the molecule is Cc1ccc(C(O)NC(C)C)c(F)c1. The summed E-state index contributed by atoms with van der Waals surface area (Å²) >= 11 is 0. The quantitative estimate of drug-likeness (QED) is 0.727. The van der Waals surface area contributed by atoms with Gasteiger partial charge in [0.1, 0.15) is 12.0 Å². The molecule has 1 rings (SSSR count). The van der Waals surface area contributed by atoms with E-state index in [-0.39, 0.29) is 11.9 Å². The van der Waals surface area contributed by atoms with Crippen molar-refractivity contribution in [2.45, 2.75) is 33.0 Å². The number of aliphatic hydroxyl groups excluding tert-OH is 1. The third-order valence-electron chi connectivity index (χ3n) is 1.94. The highest BCUT2D eigenvalue weighted by Crippen LogP contribution is 2.16. The molecule has 0 aromatic heterocycles. The maximum absolute atomic E-state index is 13.4. The molecule has 1 unspecified atom stereocenters. The first kappa shape index (κ1) is 11.1. The Morgan fingerprint density at radius 1 is 1.36 bits per heavy atom. The van der Waals surface area contributed by atoms with Crippen LogP contribution in [0.5, 0.6) is 0 Å². The third-order valence-corrected chi connectivity index (χ3v) is 1.94. The molecule has 0 spiro atoms. The molecule has 2 N–H and O–H groups in total. The largest absolute Gasteiger partial charge is 0.374 e. The van der Waals surface area contributed by atoms with Gasteiger partial charge in [-0.1, -0.05) is 12.1 Å². The minimum Gasteiger partial charge on any atom is -0.374 e. The lowest BCUT2D eigenvalue weighted by Crippen LogP contribution is -2.28. The van der Waals surface area contributed by atoms with Crippen LogP contribution in [-0.4, -0.2) is 11.1 Å². The standard InChI is InChI=1S/C11H16FNO/c1-7(2)13-11(14)9-5-4-8(3)6-10(9)12/h4-7,11,13-14H,1-3H3. The molecule has 1 aromatic rings. The summed E-state index contributed by atoms with van der Waals surface area (Å²) in [6, 6.07) is 4.92. The predicted molar refractivity (Wildman–Crippen MR) is 54.4 cm³/mol. The fraction of sp³-hybridized carbons (Fsp3) is 0.455. The van der Waals surface area contributed by atoms with Crippen molar-refractivity contribution in [2.24, 2.45) is 0 Å². The number of halogens is 1. The van der Waals surface area contributed by atoms with Crippen LogP contribution in [0.25, 0.3) is 0 Å². The Hall–Kier alpha value is -0.930. The number of benzene rings is 1. The lowest BCUT2D eigenvalue weighted by molar-refractivity contribution is 0.125. The predicted octanol–water partition coefficient (Wildman–Crippen LogP) is 2.12. The van der Waals surface area contributed by atoms with Crippen molar-refractivity contribution in [3.63, 3.8) is 0 Å². The van der Waals surface area contributed by atoms with E-state index in [0.717, 1.165) is 5.56 Å². The molecule has 78 valence electrons. The van der Waals surface area contributed by atoms with Gasteiger partial charge in [-0.2, -0.15) is 0 Å². The molecule has 0 aliphatic carbocycles. The Labute approximate surface area is 83.8 Å². The average molecular weight is 197 g/mol. The molecule has 2 nitrogen and oxygen atoms in total. The van der Waals surface area contributed by atoms with Gasteiger partial charge in [-0.15, -0.1) is 0 Å². The van der Waals surface area contributed by atoms with E-state index in [4.69, 9.17) is 0 Å². The first-order chi connectivity index (χ1) is 6.50. The molecule has 0 aliphatic rings. The van der Waals surface area contributed by atoms with E-state index >= 15 is 0 Å². The van der Waals surface area contributed by atoms with Crippen molar-refractivity contribution in [1.29, 1.82) is 0 Å². The second-order valence-electron chi connectivity index (χ2n) is 3.75. The summed E-state index contributed by atoms with van der Waals surface area (Å²) in [7, 11) is 0. The van der Waals surface area contributed by atoms with Crippen molar-refractivity contribution in [3.8, 4) is 0 Å². The van der Waals surface area contributed by atoms with Crippen molar-refractivity contribution < 1.29 is 9.50 Å². The third kappa shape index (κ3) is 2.79. The fourth-order valence-electron chi connectivity index (χ4n) is 1.26. The normalized spacial score (nSPS) is 13.3. The lowest BCUT2D eigenvalue weighted by Gasteiger charge is -2.16. The van der Waals surface area contributed by atoms with Gasteiger partial charge in [0.15, 0.2) is 0 Å². The Bertz CT molecular complexity index is 312. The topological polar surface area (TPSA) is 32.3 Å². The van der Waals surface area contributed by atoms with Crippen molar-refractivity contribution in [3.05, 3.63) is 35.1 Å².